The SMILES string of the molecule is CC(Oc1ccc(NC(=O)NC(=O)c2ccccc2)cc1)c1ccccc1. The van der Waals surface area contributed by atoms with E-state index in [1.807, 2.05) is 37.3 Å². The third-order valence-corrected chi connectivity index (χ3v) is 3.96. The topological polar surface area (TPSA) is 67.4 Å². The van der Waals surface area contributed by atoms with Crippen LogP contribution in [0.3, 0.4) is 0 Å². The third kappa shape index (κ3) is 5.19. The summed E-state index contributed by atoms with van der Waals surface area (Å²) in [5.74, 6) is 0.238. The number of hydrogen-bond acceptors (Lipinski definition) is 3. The van der Waals surface area contributed by atoms with Crippen molar-refractivity contribution in [1.29, 1.82) is 0 Å². The standard InChI is InChI=1S/C22H20N2O3/c1-16(17-8-4-2-5-9-17)27-20-14-12-19(13-15-20)23-22(26)24-21(25)18-10-6-3-7-11-18/h2-16H,1H3,(H2,23,24,25,26). The number of urea groups is 1. The van der Waals surface area contributed by atoms with Gasteiger partial charge in [-0.2, -0.15) is 0 Å². The van der Waals surface area contributed by atoms with E-state index in [2.05, 4.69) is 10.6 Å². The van der Waals surface area contributed by atoms with Gasteiger partial charge >= 0.3 is 6.03 Å². The molecule has 1 atom stereocenters. The van der Waals surface area contributed by atoms with E-state index in [-0.39, 0.29) is 6.10 Å². The molecule has 3 aromatic rings. The van der Waals surface area contributed by atoms with Gasteiger partial charge in [0.2, 0.25) is 0 Å². The van der Waals surface area contributed by atoms with Crippen LogP contribution in [0.25, 0.3) is 0 Å². The van der Waals surface area contributed by atoms with Crippen molar-refractivity contribution in [2.24, 2.45) is 0 Å². The zero-order valence-electron chi connectivity index (χ0n) is 14.9. The molecule has 0 aliphatic rings. The Bertz CT molecular complexity index is 894. The smallest absolute Gasteiger partial charge is 0.326 e. The van der Waals surface area contributed by atoms with Crippen molar-refractivity contribution in [2.45, 2.75) is 13.0 Å². The number of imide groups is 1. The highest BCUT2D eigenvalue weighted by Crippen LogP contribution is 2.23. The molecule has 3 rings (SSSR count). The molecule has 0 heterocycles. The van der Waals surface area contributed by atoms with E-state index in [9.17, 15) is 9.59 Å². The lowest BCUT2D eigenvalue weighted by Gasteiger charge is -2.15. The minimum Gasteiger partial charge on any atom is -0.486 e. The number of amides is 3. The Kier molecular flexibility index (Phi) is 5.84. The Hall–Kier alpha value is -3.60. The van der Waals surface area contributed by atoms with Crippen LogP contribution in [0.15, 0.2) is 84.9 Å². The first-order chi connectivity index (χ1) is 13.1. The summed E-state index contributed by atoms with van der Waals surface area (Å²) >= 11 is 0. The molecule has 27 heavy (non-hydrogen) atoms. The van der Waals surface area contributed by atoms with Crippen molar-refractivity contribution in [3.8, 4) is 5.75 Å². The minimum absolute atomic E-state index is 0.0863. The quantitative estimate of drug-likeness (QED) is 0.687. The molecule has 0 fully saturated rings. The molecule has 2 N–H and O–H groups in total. The molecule has 0 spiro atoms. The number of anilines is 1. The number of nitrogens with one attached hydrogen (secondary N) is 2. The molecule has 1 unspecified atom stereocenters. The zero-order chi connectivity index (χ0) is 19.1. The van der Waals surface area contributed by atoms with Crippen LogP contribution in [0, 0.1) is 0 Å². The van der Waals surface area contributed by atoms with Crippen molar-refractivity contribution in [2.75, 3.05) is 5.32 Å². The minimum atomic E-state index is -0.588. The van der Waals surface area contributed by atoms with Crippen LogP contribution in [0.5, 0.6) is 5.75 Å². The van der Waals surface area contributed by atoms with Crippen LogP contribution in [0.2, 0.25) is 0 Å². The molecule has 0 radical (unpaired) electrons. The Morgan fingerprint density at radius 1 is 0.815 bits per heavy atom. The Morgan fingerprint density at radius 2 is 1.41 bits per heavy atom. The highest BCUT2D eigenvalue weighted by atomic mass is 16.5. The van der Waals surface area contributed by atoms with Crippen molar-refractivity contribution >= 4 is 17.6 Å². The fourth-order valence-corrected chi connectivity index (χ4v) is 2.54. The molecule has 3 aromatic carbocycles. The molecule has 0 saturated carbocycles. The van der Waals surface area contributed by atoms with Crippen LogP contribution in [-0.4, -0.2) is 11.9 Å². The summed E-state index contributed by atoms with van der Waals surface area (Å²) in [7, 11) is 0. The van der Waals surface area contributed by atoms with Crippen LogP contribution in [-0.2, 0) is 0 Å². The summed E-state index contributed by atoms with van der Waals surface area (Å²) in [6.45, 7) is 1.98. The first-order valence-electron chi connectivity index (χ1n) is 8.61. The van der Waals surface area contributed by atoms with E-state index < -0.39 is 11.9 Å². The highest BCUT2D eigenvalue weighted by molar-refractivity contribution is 6.07. The summed E-state index contributed by atoms with van der Waals surface area (Å²) in [5, 5.41) is 4.92. The molecule has 0 aliphatic heterocycles. The predicted octanol–water partition coefficient (Wildman–Crippen LogP) is 4.79. The first-order valence-corrected chi connectivity index (χ1v) is 8.61. The van der Waals surface area contributed by atoms with Gasteiger partial charge < -0.3 is 10.1 Å². The summed E-state index contributed by atoms with van der Waals surface area (Å²) < 4.78 is 5.90. The number of ether oxygens (including phenoxy) is 1. The van der Waals surface area contributed by atoms with Crippen LogP contribution < -0.4 is 15.4 Å². The number of hydrogen-bond donors (Lipinski definition) is 2. The van der Waals surface area contributed by atoms with Gasteiger partial charge in [0.05, 0.1) is 0 Å². The molecular formula is C22H20N2O3. The van der Waals surface area contributed by atoms with E-state index in [1.54, 1.807) is 54.6 Å². The lowest BCUT2D eigenvalue weighted by Crippen LogP contribution is -2.34. The second-order valence-corrected chi connectivity index (χ2v) is 5.97. The summed E-state index contributed by atoms with van der Waals surface area (Å²) in [6, 6.07) is 24.9. The maximum absolute atomic E-state index is 12.0. The van der Waals surface area contributed by atoms with Gasteiger partial charge in [0.25, 0.3) is 5.91 Å². The van der Waals surface area contributed by atoms with Crippen molar-refractivity contribution in [3.05, 3.63) is 96.1 Å². The first kappa shape index (κ1) is 18.2. The van der Waals surface area contributed by atoms with Crippen LogP contribution in [0.4, 0.5) is 10.5 Å². The molecular weight excluding hydrogens is 340 g/mol. The molecule has 0 saturated heterocycles. The van der Waals surface area contributed by atoms with Crippen LogP contribution in [0.1, 0.15) is 28.9 Å². The molecule has 5 heteroatoms. The van der Waals surface area contributed by atoms with Gasteiger partial charge in [-0.15, -0.1) is 0 Å². The number of rotatable bonds is 5. The lowest BCUT2D eigenvalue weighted by molar-refractivity contribution is 0.0967. The van der Waals surface area contributed by atoms with Gasteiger partial charge in [-0.1, -0.05) is 48.5 Å². The predicted molar refractivity (Wildman–Crippen MR) is 105 cm³/mol. The molecule has 136 valence electrons. The fourth-order valence-electron chi connectivity index (χ4n) is 2.54. The van der Waals surface area contributed by atoms with Gasteiger partial charge in [-0.25, -0.2) is 4.79 Å². The number of carbonyl (C=O) groups excluding carboxylic acids is 2. The molecule has 3 amide bonds. The van der Waals surface area contributed by atoms with E-state index in [4.69, 9.17) is 4.74 Å². The van der Waals surface area contributed by atoms with Gasteiger partial charge in [0.1, 0.15) is 11.9 Å². The van der Waals surface area contributed by atoms with Crippen LogP contribution >= 0.6 is 0 Å². The summed E-state index contributed by atoms with van der Waals surface area (Å²) in [6.07, 6.45) is -0.0863. The van der Waals surface area contributed by atoms with Crippen molar-refractivity contribution in [1.82, 2.24) is 5.32 Å². The Labute approximate surface area is 158 Å². The monoisotopic (exact) mass is 360 g/mol. The second kappa shape index (κ2) is 8.67. The average molecular weight is 360 g/mol. The number of benzene rings is 3. The highest BCUT2D eigenvalue weighted by Gasteiger charge is 2.10. The largest absolute Gasteiger partial charge is 0.486 e. The molecule has 5 nitrogen and oxygen atoms in total. The maximum Gasteiger partial charge on any atom is 0.326 e. The van der Waals surface area contributed by atoms with E-state index in [0.29, 0.717) is 17.0 Å². The third-order valence-electron chi connectivity index (χ3n) is 3.96. The molecule has 0 bridgehead atoms. The lowest BCUT2D eigenvalue weighted by atomic mass is 10.1. The second-order valence-electron chi connectivity index (χ2n) is 5.97. The normalized spacial score (nSPS) is 11.3. The fraction of sp³-hybridized carbons (Fsp3) is 0.0909. The Morgan fingerprint density at radius 3 is 2.04 bits per heavy atom. The zero-order valence-corrected chi connectivity index (χ0v) is 14.9. The Balaban J connectivity index is 1.54. The van der Waals surface area contributed by atoms with Gasteiger partial charge in [0, 0.05) is 11.3 Å². The van der Waals surface area contributed by atoms with Gasteiger partial charge in [-0.05, 0) is 48.9 Å². The van der Waals surface area contributed by atoms with Gasteiger partial charge in [-0.3, -0.25) is 10.1 Å². The molecule has 0 aromatic heterocycles. The van der Waals surface area contributed by atoms with Crippen molar-refractivity contribution in [3.63, 3.8) is 0 Å². The van der Waals surface area contributed by atoms with Crippen molar-refractivity contribution < 1.29 is 14.3 Å². The summed E-state index contributed by atoms with van der Waals surface area (Å²) in [4.78, 5) is 23.9. The van der Waals surface area contributed by atoms with E-state index in [1.165, 1.54) is 0 Å². The summed E-state index contributed by atoms with van der Waals surface area (Å²) in [5.41, 5.74) is 2.07. The van der Waals surface area contributed by atoms with Gasteiger partial charge in [0.15, 0.2) is 0 Å². The average Bonchev–Trinajstić information content (AvgIpc) is 2.70. The molecule has 0 aliphatic carbocycles. The number of carbonyl (C=O) groups is 2. The van der Waals surface area contributed by atoms with E-state index >= 15 is 0 Å². The van der Waals surface area contributed by atoms with E-state index in [0.717, 1.165) is 5.56 Å². The maximum atomic E-state index is 12.0.